The van der Waals surface area contributed by atoms with Crippen molar-refractivity contribution in [3.8, 4) is 73.0 Å². The molecule has 0 saturated carbocycles. The Kier molecular flexibility index (Phi) is 13.4. The van der Waals surface area contributed by atoms with Gasteiger partial charge in [-0.05, 0) is 113 Å². The molecular formula is C60H46IrN5. The molecular weight excluding hydrogens is 983 g/mol. The van der Waals surface area contributed by atoms with E-state index in [-0.39, 0.29) is 20.1 Å². The molecule has 5 nitrogen and oxygen atoms in total. The Bertz CT molecular complexity index is 3060. The summed E-state index contributed by atoms with van der Waals surface area (Å²) in [5.41, 5.74) is 20.5. The van der Waals surface area contributed by atoms with Gasteiger partial charge in [0.05, 0.1) is 11.4 Å². The number of nitrogens with zero attached hydrogens (tertiary/aromatic N) is 5. The Labute approximate surface area is 401 Å². The molecule has 10 rings (SSSR count). The van der Waals surface area contributed by atoms with Crippen LogP contribution in [0.5, 0.6) is 0 Å². The van der Waals surface area contributed by atoms with Gasteiger partial charge in [0, 0.05) is 24.2 Å². The second-order valence-corrected chi connectivity index (χ2v) is 16.5. The number of rotatable bonds is 13. The minimum atomic E-state index is 0. The molecule has 0 aliphatic rings. The van der Waals surface area contributed by atoms with E-state index >= 15 is 0 Å². The standard InChI is InChI=1S/C60H46N5.Ir/c1-42-43(2)64-65(59-34-33-53(58-16-8-11-37-63-58)41-55(59)50-31-29-49(30-32-50)48-12-4-3-5-13-48)60(42)54-39-46(19-17-44-21-25-51(26-22-44)56-14-6-9-35-61-56)38-47(40-54)20-18-45-23-27-52(28-24-45)57-15-7-10-36-62-57;/h3-16,21-25,27,29-32,34-41H,17-20H2,1-2H3;/q-3;+3. The normalized spacial score (nSPS) is 11.0. The molecule has 6 aromatic carbocycles. The summed E-state index contributed by atoms with van der Waals surface area (Å²) in [6.07, 6.45) is 9.01. The summed E-state index contributed by atoms with van der Waals surface area (Å²) in [6.45, 7) is 4.30. The maximum absolute atomic E-state index is 5.29. The van der Waals surface area contributed by atoms with Gasteiger partial charge >= 0.3 is 20.1 Å². The maximum atomic E-state index is 5.29. The van der Waals surface area contributed by atoms with Gasteiger partial charge in [0.1, 0.15) is 0 Å². The van der Waals surface area contributed by atoms with Crippen LogP contribution in [0.4, 0.5) is 0 Å². The number of aromatic nitrogens is 5. The third-order valence-corrected chi connectivity index (χ3v) is 12.1. The Morgan fingerprint density at radius 2 is 0.909 bits per heavy atom. The van der Waals surface area contributed by atoms with Crippen LogP contribution >= 0.6 is 0 Å². The molecule has 10 aromatic rings. The molecule has 0 aliphatic carbocycles. The Balaban J connectivity index is 0.00000548. The van der Waals surface area contributed by atoms with Gasteiger partial charge in [0.2, 0.25) is 0 Å². The van der Waals surface area contributed by atoms with Gasteiger partial charge in [0.15, 0.2) is 0 Å². The predicted molar refractivity (Wildman–Crippen MR) is 263 cm³/mol. The van der Waals surface area contributed by atoms with Crippen LogP contribution in [0.1, 0.15) is 33.5 Å². The van der Waals surface area contributed by atoms with Crippen molar-refractivity contribution in [1.29, 1.82) is 0 Å². The summed E-state index contributed by atoms with van der Waals surface area (Å²) in [5.74, 6) is 0. The van der Waals surface area contributed by atoms with E-state index in [2.05, 4.69) is 168 Å². The first-order valence-electron chi connectivity index (χ1n) is 22.2. The summed E-state index contributed by atoms with van der Waals surface area (Å²) >= 11 is 0. The van der Waals surface area contributed by atoms with Crippen LogP contribution in [0, 0.1) is 32.0 Å². The molecule has 0 saturated heterocycles. The van der Waals surface area contributed by atoms with Crippen LogP contribution in [0.15, 0.2) is 195 Å². The molecule has 6 heteroatoms. The molecule has 0 N–H and O–H groups in total. The van der Waals surface area contributed by atoms with Crippen molar-refractivity contribution in [2.45, 2.75) is 39.5 Å². The molecule has 0 fully saturated rings. The van der Waals surface area contributed by atoms with E-state index in [1.54, 1.807) is 0 Å². The van der Waals surface area contributed by atoms with Crippen LogP contribution in [-0.2, 0) is 45.8 Å². The summed E-state index contributed by atoms with van der Waals surface area (Å²) in [4.78, 5) is 13.7. The van der Waals surface area contributed by atoms with Crippen LogP contribution in [0.3, 0.4) is 0 Å². The fourth-order valence-electron chi connectivity index (χ4n) is 8.50. The Morgan fingerprint density at radius 3 is 1.42 bits per heavy atom. The van der Waals surface area contributed by atoms with Gasteiger partial charge in [-0.3, -0.25) is 4.68 Å². The average molecular weight is 1030 g/mol. The molecule has 4 heterocycles. The van der Waals surface area contributed by atoms with Crippen molar-refractivity contribution in [3.05, 3.63) is 246 Å². The van der Waals surface area contributed by atoms with E-state index in [4.69, 9.17) is 10.1 Å². The van der Waals surface area contributed by atoms with Crippen molar-refractivity contribution in [1.82, 2.24) is 24.7 Å². The van der Waals surface area contributed by atoms with Gasteiger partial charge in [-0.1, -0.05) is 115 Å². The van der Waals surface area contributed by atoms with E-state index in [9.17, 15) is 0 Å². The summed E-state index contributed by atoms with van der Waals surface area (Å²) < 4.78 is 2.14. The number of benzene rings is 6. The quantitative estimate of drug-likeness (QED) is 0.108. The van der Waals surface area contributed by atoms with Crippen molar-refractivity contribution >= 4 is 0 Å². The number of pyridine rings is 3. The number of hydrogen-bond acceptors (Lipinski definition) is 4. The SMILES string of the molecule is Cc1nn(-c2c[c-]c(-c3ccccn3)cc2-c2ccc(-c3ccccc3)cc2)c(-c2cc(CCc3c[c-]c(-c4ccccn4)cc3)cc(CCc3c[c-]c(-c4ccccn4)cc3)c2)c1C.[Ir+3]. The smallest absolute Gasteiger partial charge is 0.305 e. The summed E-state index contributed by atoms with van der Waals surface area (Å²) in [7, 11) is 0. The van der Waals surface area contributed by atoms with Crippen LogP contribution in [0.25, 0.3) is 73.0 Å². The zero-order valence-electron chi connectivity index (χ0n) is 36.9. The van der Waals surface area contributed by atoms with Crippen molar-refractivity contribution in [2.24, 2.45) is 0 Å². The van der Waals surface area contributed by atoms with E-state index in [1.165, 1.54) is 33.4 Å². The van der Waals surface area contributed by atoms with Crippen molar-refractivity contribution in [3.63, 3.8) is 0 Å². The average Bonchev–Trinajstić information content (AvgIpc) is 3.68. The van der Waals surface area contributed by atoms with Gasteiger partial charge in [-0.2, -0.15) is 5.10 Å². The van der Waals surface area contributed by atoms with E-state index in [1.807, 2.05) is 73.2 Å². The molecule has 0 amide bonds. The number of hydrogen-bond donors (Lipinski definition) is 0. The third kappa shape index (κ3) is 9.81. The Hall–Kier alpha value is -7.37. The minimum Gasteiger partial charge on any atom is -0.305 e. The topological polar surface area (TPSA) is 56.5 Å². The van der Waals surface area contributed by atoms with Crippen molar-refractivity contribution in [2.75, 3.05) is 0 Å². The molecule has 0 radical (unpaired) electrons. The summed E-state index contributed by atoms with van der Waals surface area (Å²) in [5, 5.41) is 5.29. The fourth-order valence-corrected chi connectivity index (χ4v) is 8.50. The summed E-state index contributed by atoms with van der Waals surface area (Å²) in [6, 6.07) is 72.2. The maximum Gasteiger partial charge on any atom is 3.00 e. The van der Waals surface area contributed by atoms with Gasteiger partial charge < -0.3 is 15.0 Å². The molecule has 320 valence electrons. The monoisotopic (exact) mass is 1030 g/mol. The Morgan fingerprint density at radius 1 is 0.424 bits per heavy atom. The minimum absolute atomic E-state index is 0. The fraction of sp³-hybridized carbons (Fsp3) is 0.100. The zero-order chi connectivity index (χ0) is 44.0. The van der Waals surface area contributed by atoms with Gasteiger partial charge in [0.25, 0.3) is 0 Å². The predicted octanol–water partition coefficient (Wildman–Crippen LogP) is 13.6. The van der Waals surface area contributed by atoms with Crippen LogP contribution < -0.4 is 0 Å². The molecule has 4 aromatic heterocycles. The second kappa shape index (κ2) is 20.2. The molecule has 66 heavy (non-hydrogen) atoms. The van der Waals surface area contributed by atoms with Gasteiger partial charge in [-0.25, -0.2) is 0 Å². The molecule has 0 spiro atoms. The van der Waals surface area contributed by atoms with Gasteiger partial charge in [-0.15, -0.1) is 94.5 Å². The van der Waals surface area contributed by atoms with E-state index in [0.717, 1.165) is 98.8 Å². The van der Waals surface area contributed by atoms with Crippen LogP contribution in [-0.4, -0.2) is 24.7 Å². The van der Waals surface area contributed by atoms with Crippen molar-refractivity contribution < 1.29 is 20.1 Å². The number of aryl methyl sites for hydroxylation is 5. The molecule has 0 atom stereocenters. The molecule has 0 aliphatic heterocycles. The third-order valence-electron chi connectivity index (χ3n) is 12.1. The molecule has 0 bridgehead atoms. The largest absolute Gasteiger partial charge is 3.00 e. The molecule has 0 unspecified atom stereocenters. The van der Waals surface area contributed by atoms with E-state index in [0.29, 0.717) is 0 Å². The first kappa shape index (κ1) is 43.9. The van der Waals surface area contributed by atoms with E-state index < -0.39 is 0 Å². The second-order valence-electron chi connectivity index (χ2n) is 16.5. The zero-order valence-corrected chi connectivity index (χ0v) is 39.3. The first-order valence-corrected chi connectivity index (χ1v) is 22.2. The first-order chi connectivity index (χ1) is 32.0. The van der Waals surface area contributed by atoms with Crippen LogP contribution in [0.2, 0.25) is 0 Å².